The number of rotatable bonds is 3. The molecule has 0 spiro atoms. The van der Waals surface area contributed by atoms with Crippen LogP contribution in [0.15, 0.2) is 36.4 Å². The number of non-ortho nitro benzene ring substituents is 1. The van der Waals surface area contributed by atoms with Crippen molar-refractivity contribution in [3.63, 3.8) is 0 Å². The summed E-state index contributed by atoms with van der Waals surface area (Å²) in [6, 6.07) is 9.59. The molecule has 0 aromatic heterocycles. The fraction of sp³-hybridized carbons (Fsp3) is 0.176. The lowest BCUT2D eigenvalue weighted by atomic mass is 10.1. The number of fused-ring (bicyclic) bond motifs is 1. The number of hydrogen-bond acceptors (Lipinski definition) is 4. The van der Waals surface area contributed by atoms with E-state index in [1.807, 2.05) is 32.0 Å². The van der Waals surface area contributed by atoms with Gasteiger partial charge in [0.2, 0.25) is 0 Å². The lowest BCUT2D eigenvalue weighted by Gasteiger charge is -2.14. The van der Waals surface area contributed by atoms with Crippen molar-refractivity contribution in [2.24, 2.45) is 0 Å². The largest absolute Gasteiger partial charge is 0.270 e. The minimum atomic E-state index is -0.579. The van der Waals surface area contributed by atoms with E-state index in [2.05, 4.69) is 0 Å². The number of imide groups is 1. The van der Waals surface area contributed by atoms with Gasteiger partial charge < -0.3 is 0 Å². The summed E-state index contributed by atoms with van der Waals surface area (Å²) in [5, 5.41) is 10.8. The van der Waals surface area contributed by atoms with Crippen molar-refractivity contribution in [2.75, 3.05) is 0 Å². The molecule has 0 saturated heterocycles. The van der Waals surface area contributed by atoms with Crippen LogP contribution in [0.25, 0.3) is 0 Å². The van der Waals surface area contributed by atoms with Crippen LogP contribution in [0.4, 0.5) is 5.69 Å². The van der Waals surface area contributed by atoms with Crippen molar-refractivity contribution in [2.45, 2.75) is 20.4 Å². The number of nitro benzene ring substituents is 1. The first-order chi connectivity index (χ1) is 10.9. The number of amides is 2. The third kappa shape index (κ3) is 2.59. The van der Waals surface area contributed by atoms with Crippen molar-refractivity contribution >= 4 is 17.5 Å². The minimum absolute atomic E-state index is 0.0913. The average molecular weight is 310 g/mol. The van der Waals surface area contributed by atoms with Crippen LogP contribution in [-0.4, -0.2) is 21.6 Å². The summed E-state index contributed by atoms with van der Waals surface area (Å²) in [7, 11) is 0. The van der Waals surface area contributed by atoms with E-state index >= 15 is 0 Å². The first-order valence-corrected chi connectivity index (χ1v) is 7.08. The molecule has 2 aromatic rings. The molecule has 1 aliphatic heterocycles. The smallest absolute Gasteiger partial charge is 0.270 e. The maximum absolute atomic E-state index is 12.4. The van der Waals surface area contributed by atoms with E-state index < -0.39 is 16.7 Å². The Morgan fingerprint density at radius 2 is 1.57 bits per heavy atom. The predicted molar refractivity (Wildman–Crippen MR) is 83.2 cm³/mol. The van der Waals surface area contributed by atoms with Crippen molar-refractivity contribution in [1.82, 2.24) is 4.90 Å². The van der Waals surface area contributed by atoms with Crippen LogP contribution >= 0.6 is 0 Å². The maximum Gasteiger partial charge on any atom is 0.270 e. The van der Waals surface area contributed by atoms with E-state index in [0.717, 1.165) is 27.7 Å². The Bertz CT molecular complexity index is 837. The standard InChI is InChI=1S/C17H14N2O4/c1-10-5-11(2)7-12(6-10)9-18-16(20)14-4-3-13(19(22)23)8-15(14)17(18)21/h3-8H,9H2,1-2H3. The zero-order valence-electron chi connectivity index (χ0n) is 12.7. The van der Waals surface area contributed by atoms with Crippen molar-refractivity contribution in [1.29, 1.82) is 0 Å². The van der Waals surface area contributed by atoms with Gasteiger partial charge in [0.05, 0.1) is 22.6 Å². The van der Waals surface area contributed by atoms with Gasteiger partial charge in [-0.1, -0.05) is 29.3 Å². The predicted octanol–water partition coefficient (Wildman–Crippen LogP) is 3.01. The van der Waals surface area contributed by atoms with Crippen LogP contribution in [0.3, 0.4) is 0 Å². The molecule has 116 valence electrons. The monoisotopic (exact) mass is 310 g/mol. The van der Waals surface area contributed by atoms with Gasteiger partial charge in [-0.2, -0.15) is 0 Å². The highest BCUT2D eigenvalue weighted by atomic mass is 16.6. The fourth-order valence-electron chi connectivity index (χ4n) is 2.88. The van der Waals surface area contributed by atoms with Gasteiger partial charge in [0.15, 0.2) is 0 Å². The van der Waals surface area contributed by atoms with Crippen LogP contribution in [0.2, 0.25) is 0 Å². The third-order valence-electron chi connectivity index (χ3n) is 3.79. The highest BCUT2D eigenvalue weighted by Gasteiger charge is 2.36. The van der Waals surface area contributed by atoms with Gasteiger partial charge in [-0.3, -0.25) is 24.6 Å². The second-order valence-corrected chi connectivity index (χ2v) is 5.68. The molecule has 23 heavy (non-hydrogen) atoms. The molecular weight excluding hydrogens is 296 g/mol. The van der Waals surface area contributed by atoms with E-state index in [9.17, 15) is 19.7 Å². The second kappa shape index (κ2) is 5.31. The van der Waals surface area contributed by atoms with Crippen molar-refractivity contribution in [3.05, 3.63) is 74.3 Å². The quantitative estimate of drug-likeness (QED) is 0.496. The van der Waals surface area contributed by atoms with E-state index in [1.165, 1.54) is 12.1 Å². The molecule has 0 atom stereocenters. The summed E-state index contributed by atoms with van der Waals surface area (Å²) < 4.78 is 0. The molecule has 0 unspecified atom stereocenters. The molecule has 6 heteroatoms. The highest BCUT2D eigenvalue weighted by molar-refractivity contribution is 6.21. The molecular formula is C17H14N2O4. The number of aryl methyl sites for hydroxylation is 2. The van der Waals surface area contributed by atoms with Crippen molar-refractivity contribution in [3.8, 4) is 0 Å². The van der Waals surface area contributed by atoms with Crippen LogP contribution in [-0.2, 0) is 6.54 Å². The average Bonchev–Trinajstić information content (AvgIpc) is 2.71. The second-order valence-electron chi connectivity index (χ2n) is 5.68. The summed E-state index contributed by atoms with van der Waals surface area (Å²) in [6.45, 7) is 4.05. The minimum Gasteiger partial charge on any atom is -0.270 e. The summed E-state index contributed by atoms with van der Waals surface area (Å²) in [5.41, 5.74) is 3.06. The molecule has 0 bridgehead atoms. The summed E-state index contributed by atoms with van der Waals surface area (Å²) in [4.78, 5) is 36.2. The zero-order valence-corrected chi connectivity index (χ0v) is 12.7. The summed E-state index contributed by atoms with van der Waals surface area (Å²) >= 11 is 0. The molecule has 0 fully saturated rings. The highest BCUT2D eigenvalue weighted by Crippen LogP contribution is 2.28. The number of nitro groups is 1. The molecule has 3 rings (SSSR count). The summed E-state index contributed by atoms with van der Waals surface area (Å²) in [6.07, 6.45) is 0. The van der Waals surface area contributed by atoms with Crippen molar-refractivity contribution < 1.29 is 14.5 Å². The Kier molecular flexibility index (Phi) is 3.44. The van der Waals surface area contributed by atoms with Gasteiger partial charge in [-0.25, -0.2) is 0 Å². The maximum atomic E-state index is 12.4. The zero-order chi connectivity index (χ0) is 16.7. The number of benzene rings is 2. The number of carbonyl (C=O) groups excluding carboxylic acids is 2. The molecule has 1 heterocycles. The molecule has 2 aromatic carbocycles. The van der Waals surface area contributed by atoms with Crippen LogP contribution < -0.4 is 0 Å². The van der Waals surface area contributed by atoms with Gasteiger partial charge in [-0.05, 0) is 25.5 Å². The van der Waals surface area contributed by atoms with Gasteiger partial charge in [0, 0.05) is 12.1 Å². The molecule has 6 nitrogen and oxygen atoms in total. The Morgan fingerprint density at radius 1 is 0.957 bits per heavy atom. The Labute approximate surface area is 132 Å². The normalized spacial score (nSPS) is 13.4. The number of hydrogen-bond donors (Lipinski definition) is 0. The van der Waals surface area contributed by atoms with E-state index in [-0.39, 0.29) is 23.4 Å². The van der Waals surface area contributed by atoms with Crippen LogP contribution in [0.5, 0.6) is 0 Å². The van der Waals surface area contributed by atoms with Crippen LogP contribution in [0, 0.1) is 24.0 Å². The fourth-order valence-corrected chi connectivity index (χ4v) is 2.88. The topological polar surface area (TPSA) is 80.5 Å². The SMILES string of the molecule is Cc1cc(C)cc(CN2C(=O)c3ccc([N+](=O)[O-])cc3C2=O)c1. The molecule has 0 aliphatic carbocycles. The molecule has 0 radical (unpaired) electrons. The Morgan fingerprint density at radius 3 is 2.17 bits per heavy atom. The lowest BCUT2D eigenvalue weighted by molar-refractivity contribution is -0.384. The van der Waals surface area contributed by atoms with Gasteiger partial charge in [0.25, 0.3) is 17.5 Å². The first-order valence-electron chi connectivity index (χ1n) is 7.08. The molecule has 0 N–H and O–H groups in total. The molecule has 0 saturated carbocycles. The third-order valence-corrected chi connectivity index (χ3v) is 3.79. The Hall–Kier alpha value is -3.02. The van der Waals surface area contributed by atoms with E-state index in [4.69, 9.17) is 0 Å². The first kappa shape index (κ1) is 14.9. The van der Waals surface area contributed by atoms with Gasteiger partial charge in [0.1, 0.15) is 0 Å². The van der Waals surface area contributed by atoms with Crippen LogP contribution in [0.1, 0.15) is 37.4 Å². The van der Waals surface area contributed by atoms with Gasteiger partial charge in [-0.15, -0.1) is 0 Å². The Balaban J connectivity index is 1.95. The van der Waals surface area contributed by atoms with E-state index in [0.29, 0.717) is 0 Å². The number of nitrogens with zero attached hydrogens (tertiary/aromatic N) is 2. The molecule has 2 amide bonds. The summed E-state index contributed by atoms with van der Waals surface area (Å²) in [5.74, 6) is -0.910. The lowest BCUT2D eigenvalue weighted by Crippen LogP contribution is -2.29. The van der Waals surface area contributed by atoms with E-state index in [1.54, 1.807) is 0 Å². The van der Waals surface area contributed by atoms with Gasteiger partial charge >= 0.3 is 0 Å². The molecule has 1 aliphatic rings. The number of carbonyl (C=O) groups is 2.